The van der Waals surface area contributed by atoms with Crippen molar-refractivity contribution in [2.24, 2.45) is 16.8 Å². The monoisotopic (exact) mass is 293 g/mol. The van der Waals surface area contributed by atoms with E-state index in [2.05, 4.69) is 18.9 Å². The van der Waals surface area contributed by atoms with E-state index in [0.717, 1.165) is 0 Å². The number of hydrogen-bond donors (Lipinski definition) is 2. The number of hydrazone groups is 1. The molecule has 114 valence electrons. The maximum atomic E-state index is 10.9. The number of hydrogen-bond acceptors (Lipinski definition) is 5. The molecule has 1 aromatic carbocycles. The number of nitrogens with one attached hydrogen (secondary N) is 1. The average molecular weight is 293 g/mol. The molecule has 2 amide bonds. The molecule has 0 radical (unpaired) electrons. The average Bonchev–Trinajstić information content (AvgIpc) is 2.45. The number of benzene rings is 1. The lowest BCUT2D eigenvalue weighted by atomic mass is 10.2. The molecule has 1 rings (SSSR count). The van der Waals surface area contributed by atoms with E-state index in [4.69, 9.17) is 15.2 Å². The van der Waals surface area contributed by atoms with E-state index >= 15 is 0 Å². The molecule has 1 aromatic rings. The summed E-state index contributed by atoms with van der Waals surface area (Å²) in [6.45, 7) is 4.68. The van der Waals surface area contributed by atoms with Crippen LogP contribution < -0.4 is 20.6 Å². The first-order valence-corrected chi connectivity index (χ1v) is 6.37. The third-order valence-electron chi connectivity index (χ3n) is 2.36. The summed E-state index contributed by atoms with van der Waals surface area (Å²) in [7, 11) is 1.54. The van der Waals surface area contributed by atoms with Gasteiger partial charge in [-0.1, -0.05) is 13.8 Å². The van der Waals surface area contributed by atoms with Gasteiger partial charge in [0, 0.05) is 0 Å². The van der Waals surface area contributed by atoms with Crippen molar-refractivity contribution in [2.45, 2.75) is 13.8 Å². The SMILES string of the molecule is COc1cc(/C=N\NC(=O)C(N)=O)ccc1OCC(C)C. The van der Waals surface area contributed by atoms with Crippen molar-refractivity contribution in [2.75, 3.05) is 13.7 Å². The topological polar surface area (TPSA) is 103 Å². The predicted molar refractivity (Wildman–Crippen MR) is 78.3 cm³/mol. The molecule has 0 heterocycles. The van der Waals surface area contributed by atoms with Crippen LogP contribution in [0.4, 0.5) is 0 Å². The van der Waals surface area contributed by atoms with E-state index in [1.54, 1.807) is 18.2 Å². The number of ether oxygens (including phenoxy) is 2. The first-order chi connectivity index (χ1) is 9.93. The molecular formula is C14H19N3O4. The van der Waals surface area contributed by atoms with E-state index < -0.39 is 11.8 Å². The fraction of sp³-hybridized carbons (Fsp3) is 0.357. The standard InChI is InChI=1S/C14H19N3O4/c1-9(2)8-21-11-5-4-10(6-12(11)20-3)7-16-17-14(19)13(15)18/h4-7,9H,8H2,1-3H3,(H2,15,18)(H,17,19)/b16-7-. The highest BCUT2D eigenvalue weighted by molar-refractivity contribution is 6.34. The van der Waals surface area contributed by atoms with E-state index in [9.17, 15) is 9.59 Å². The molecule has 3 N–H and O–H groups in total. The molecule has 7 nitrogen and oxygen atoms in total. The Morgan fingerprint density at radius 3 is 2.67 bits per heavy atom. The van der Waals surface area contributed by atoms with Crippen molar-refractivity contribution in [1.29, 1.82) is 0 Å². The number of nitrogens with two attached hydrogens (primary N) is 1. The van der Waals surface area contributed by atoms with Crippen LogP contribution in [-0.4, -0.2) is 31.7 Å². The summed E-state index contributed by atoms with van der Waals surface area (Å²) in [6.07, 6.45) is 1.37. The van der Waals surface area contributed by atoms with E-state index in [0.29, 0.717) is 29.6 Å². The van der Waals surface area contributed by atoms with Crippen LogP contribution in [0, 0.1) is 5.92 Å². The van der Waals surface area contributed by atoms with Crippen LogP contribution in [0.25, 0.3) is 0 Å². The normalized spacial score (nSPS) is 10.7. The number of carbonyl (C=O) groups is 2. The highest BCUT2D eigenvalue weighted by Crippen LogP contribution is 2.27. The van der Waals surface area contributed by atoms with Crippen molar-refractivity contribution < 1.29 is 19.1 Å². The zero-order valence-electron chi connectivity index (χ0n) is 12.3. The van der Waals surface area contributed by atoms with Crippen LogP contribution in [0.15, 0.2) is 23.3 Å². The second kappa shape index (κ2) is 7.88. The first-order valence-electron chi connectivity index (χ1n) is 6.37. The largest absolute Gasteiger partial charge is 0.493 e. The fourth-order valence-electron chi connectivity index (χ4n) is 1.36. The number of nitrogens with zero attached hydrogens (tertiary/aromatic N) is 1. The van der Waals surface area contributed by atoms with Gasteiger partial charge in [0.15, 0.2) is 11.5 Å². The molecule has 21 heavy (non-hydrogen) atoms. The van der Waals surface area contributed by atoms with Gasteiger partial charge >= 0.3 is 11.8 Å². The Kier molecular flexibility index (Phi) is 6.19. The second-order valence-electron chi connectivity index (χ2n) is 4.68. The summed E-state index contributed by atoms with van der Waals surface area (Å²) in [4.78, 5) is 21.4. The van der Waals surface area contributed by atoms with E-state index in [1.165, 1.54) is 13.3 Å². The maximum Gasteiger partial charge on any atom is 0.329 e. The number of methoxy groups -OCH3 is 1. The molecule has 0 saturated carbocycles. The van der Waals surface area contributed by atoms with Crippen molar-refractivity contribution >= 4 is 18.0 Å². The third-order valence-corrected chi connectivity index (χ3v) is 2.36. The van der Waals surface area contributed by atoms with E-state index in [1.807, 2.05) is 5.43 Å². The second-order valence-corrected chi connectivity index (χ2v) is 4.68. The molecule has 0 unspecified atom stereocenters. The Morgan fingerprint density at radius 2 is 2.10 bits per heavy atom. The summed E-state index contributed by atoms with van der Waals surface area (Å²) in [6, 6.07) is 5.20. The minimum atomic E-state index is -1.10. The van der Waals surface area contributed by atoms with Crippen molar-refractivity contribution in [3.63, 3.8) is 0 Å². The van der Waals surface area contributed by atoms with Crippen molar-refractivity contribution in [1.82, 2.24) is 5.43 Å². The van der Waals surface area contributed by atoms with Crippen molar-refractivity contribution in [3.05, 3.63) is 23.8 Å². The zero-order chi connectivity index (χ0) is 15.8. The number of amides is 2. The lowest BCUT2D eigenvalue weighted by molar-refractivity contribution is -0.137. The van der Waals surface area contributed by atoms with Crippen LogP contribution in [0.5, 0.6) is 11.5 Å². The Balaban J connectivity index is 2.75. The smallest absolute Gasteiger partial charge is 0.329 e. The quantitative estimate of drug-likeness (QED) is 0.457. The Morgan fingerprint density at radius 1 is 1.38 bits per heavy atom. The highest BCUT2D eigenvalue weighted by atomic mass is 16.5. The number of primary amides is 1. The van der Waals surface area contributed by atoms with Gasteiger partial charge in [-0.2, -0.15) is 5.10 Å². The molecule has 0 aliphatic rings. The van der Waals surface area contributed by atoms with Gasteiger partial charge in [-0.3, -0.25) is 9.59 Å². The van der Waals surface area contributed by atoms with Gasteiger partial charge in [-0.25, -0.2) is 5.43 Å². The molecule has 0 atom stereocenters. The molecule has 7 heteroatoms. The third kappa shape index (κ3) is 5.52. The van der Waals surface area contributed by atoms with Gasteiger partial charge < -0.3 is 15.2 Å². The summed E-state index contributed by atoms with van der Waals surface area (Å²) in [5.74, 6) is -0.484. The van der Waals surface area contributed by atoms with Crippen LogP contribution >= 0.6 is 0 Å². The maximum absolute atomic E-state index is 10.9. The minimum Gasteiger partial charge on any atom is -0.493 e. The summed E-state index contributed by atoms with van der Waals surface area (Å²) in [5, 5.41) is 3.62. The molecule has 0 fully saturated rings. The van der Waals surface area contributed by atoms with Gasteiger partial charge in [-0.15, -0.1) is 0 Å². The first kappa shape index (κ1) is 16.5. The van der Waals surface area contributed by atoms with Crippen LogP contribution in [-0.2, 0) is 9.59 Å². The van der Waals surface area contributed by atoms with E-state index in [-0.39, 0.29) is 0 Å². The van der Waals surface area contributed by atoms with Gasteiger partial charge in [0.05, 0.1) is 19.9 Å². The summed E-state index contributed by atoms with van der Waals surface area (Å²) in [5.41, 5.74) is 7.46. The van der Waals surface area contributed by atoms with Crippen LogP contribution in [0.2, 0.25) is 0 Å². The molecule has 0 aliphatic carbocycles. The number of carbonyl (C=O) groups excluding carboxylic acids is 2. The van der Waals surface area contributed by atoms with Gasteiger partial charge in [0.1, 0.15) is 0 Å². The van der Waals surface area contributed by atoms with Crippen LogP contribution in [0.1, 0.15) is 19.4 Å². The highest BCUT2D eigenvalue weighted by Gasteiger charge is 2.07. The Bertz CT molecular complexity index is 541. The zero-order valence-corrected chi connectivity index (χ0v) is 12.3. The molecule has 0 aromatic heterocycles. The van der Waals surface area contributed by atoms with Gasteiger partial charge in [-0.05, 0) is 29.7 Å². The van der Waals surface area contributed by atoms with Crippen molar-refractivity contribution in [3.8, 4) is 11.5 Å². The minimum absolute atomic E-state index is 0.403. The van der Waals surface area contributed by atoms with Gasteiger partial charge in [0.2, 0.25) is 0 Å². The fourth-order valence-corrected chi connectivity index (χ4v) is 1.36. The number of rotatable bonds is 6. The summed E-state index contributed by atoms with van der Waals surface area (Å²) >= 11 is 0. The molecular weight excluding hydrogens is 274 g/mol. The Hall–Kier alpha value is -2.57. The molecule has 0 saturated heterocycles. The lowest BCUT2D eigenvalue weighted by Gasteiger charge is -2.12. The summed E-state index contributed by atoms with van der Waals surface area (Å²) < 4.78 is 10.9. The Labute approximate surface area is 123 Å². The molecule has 0 bridgehead atoms. The lowest BCUT2D eigenvalue weighted by Crippen LogP contribution is -2.32. The van der Waals surface area contributed by atoms with Gasteiger partial charge in [0.25, 0.3) is 0 Å². The predicted octanol–water partition coefficient (Wildman–Crippen LogP) is 0.665. The van der Waals surface area contributed by atoms with Crippen LogP contribution in [0.3, 0.4) is 0 Å². The molecule has 0 spiro atoms. The molecule has 0 aliphatic heterocycles.